The number of fused-ring (bicyclic) bond motifs is 1. The van der Waals surface area contributed by atoms with Crippen LogP contribution in [0.5, 0.6) is 11.5 Å². The molecular formula is C23H24N4O4. The zero-order valence-electron chi connectivity index (χ0n) is 17.3. The minimum absolute atomic E-state index is 0.184. The lowest BCUT2D eigenvalue weighted by molar-refractivity contribution is -0.118. The molecule has 1 aliphatic heterocycles. The molecule has 31 heavy (non-hydrogen) atoms. The molecule has 160 valence electrons. The molecule has 2 aromatic carbocycles. The first-order valence-electron chi connectivity index (χ1n) is 10.3. The lowest BCUT2D eigenvalue weighted by atomic mass is 10.2. The second kappa shape index (κ2) is 9.42. The van der Waals surface area contributed by atoms with E-state index >= 15 is 0 Å². The van der Waals surface area contributed by atoms with Crippen LogP contribution < -0.4 is 14.8 Å². The number of nitrogens with one attached hydrogen (secondary N) is 1. The number of aromatic nitrogens is 3. The zero-order valence-corrected chi connectivity index (χ0v) is 17.3. The van der Waals surface area contributed by atoms with Gasteiger partial charge in [-0.25, -0.2) is 0 Å². The smallest absolute Gasteiger partial charge is 0.262 e. The molecule has 0 radical (unpaired) electrons. The minimum atomic E-state index is -0.300. The summed E-state index contributed by atoms with van der Waals surface area (Å²) in [5.74, 6) is 2.40. The Bertz CT molecular complexity index is 1080. The number of nitrogens with zero attached hydrogens (tertiary/aromatic N) is 3. The Morgan fingerprint density at radius 1 is 1.10 bits per heavy atom. The Balaban J connectivity index is 1.38. The van der Waals surface area contributed by atoms with Gasteiger partial charge in [0.2, 0.25) is 0 Å². The Labute approximate surface area is 180 Å². The van der Waals surface area contributed by atoms with Crippen LogP contribution in [0.1, 0.15) is 35.4 Å². The van der Waals surface area contributed by atoms with Crippen molar-refractivity contribution in [1.82, 2.24) is 14.8 Å². The maximum atomic E-state index is 12.3. The number of benzene rings is 2. The monoisotopic (exact) mass is 420 g/mol. The summed E-state index contributed by atoms with van der Waals surface area (Å²) in [4.78, 5) is 23.2. The molecule has 1 amide bonds. The number of ether oxygens (including phenoxy) is 2. The van der Waals surface area contributed by atoms with E-state index in [1.165, 1.54) is 13.5 Å². The average molecular weight is 420 g/mol. The van der Waals surface area contributed by atoms with Gasteiger partial charge in [0, 0.05) is 29.8 Å². The number of aryl methyl sites for hydroxylation is 1. The Morgan fingerprint density at radius 3 is 2.71 bits per heavy atom. The van der Waals surface area contributed by atoms with E-state index in [2.05, 4.69) is 20.1 Å². The minimum Gasteiger partial charge on any atom is -0.493 e. The van der Waals surface area contributed by atoms with E-state index in [0.29, 0.717) is 22.7 Å². The van der Waals surface area contributed by atoms with Crippen LogP contribution in [0.4, 0.5) is 5.69 Å². The highest BCUT2D eigenvalue weighted by Crippen LogP contribution is 2.28. The topological polar surface area (TPSA) is 95.3 Å². The highest BCUT2D eigenvalue weighted by Gasteiger charge is 2.16. The number of hydrogen-bond donors (Lipinski definition) is 1. The van der Waals surface area contributed by atoms with Crippen LogP contribution in [0.25, 0.3) is 11.4 Å². The van der Waals surface area contributed by atoms with Crippen LogP contribution in [0.15, 0.2) is 42.5 Å². The quantitative estimate of drug-likeness (QED) is 0.588. The van der Waals surface area contributed by atoms with Crippen molar-refractivity contribution in [3.63, 3.8) is 0 Å². The fourth-order valence-electron chi connectivity index (χ4n) is 3.62. The second-order valence-corrected chi connectivity index (χ2v) is 7.34. The molecule has 0 atom stereocenters. The number of anilines is 1. The summed E-state index contributed by atoms with van der Waals surface area (Å²) in [6.07, 6.45) is 5.18. The van der Waals surface area contributed by atoms with Crippen LogP contribution >= 0.6 is 0 Å². The SMILES string of the molecule is COc1cc(C=O)ccc1OCC(=O)Nc1ccc(-c2nnc3n2CCCCC3)cc1. The summed E-state index contributed by atoms with van der Waals surface area (Å²) in [6.45, 7) is 0.751. The summed E-state index contributed by atoms with van der Waals surface area (Å²) in [5.41, 5.74) is 2.10. The van der Waals surface area contributed by atoms with Crippen molar-refractivity contribution < 1.29 is 19.1 Å². The summed E-state index contributed by atoms with van der Waals surface area (Å²) in [7, 11) is 1.48. The molecule has 1 aliphatic rings. The molecule has 0 fully saturated rings. The molecule has 8 heteroatoms. The number of amides is 1. The van der Waals surface area contributed by atoms with Crippen molar-refractivity contribution in [3.8, 4) is 22.9 Å². The van der Waals surface area contributed by atoms with Crippen molar-refractivity contribution in [2.75, 3.05) is 19.0 Å². The number of carbonyl (C=O) groups excluding carboxylic acids is 2. The van der Waals surface area contributed by atoms with E-state index < -0.39 is 0 Å². The molecule has 0 bridgehead atoms. The highest BCUT2D eigenvalue weighted by molar-refractivity contribution is 5.92. The predicted molar refractivity (Wildman–Crippen MR) is 116 cm³/mol. The second-order valence-electron chi connectivity index (χ2n) is 7.34. The first kappa shape index (κ1) is 20.6. The molecule has 1 aromatic heterocycles. The third-order valence-corrected chi connectivity index (χ3v) is 5.22. The van der Waals surface area contributed by atoms with Gasteiger partial charge in [0.05, 0.1) is 7.11 Å². The van der Waals surface area contributed by atoms with Gasteiger partial charge in [-0.1, -0.05) is 6.42 Å². The fraction of sp³-hybridized carbons (Fsp3) is 0.304. The number of hydrogen-bond acceptors (Lipinski definition) is 6. The Hall–Kier alpha value is -3.68. The summed E-state index contributed by atoms with van der Waals surface area (Å²) in [6, 6.07) is 12.3. The molecular weight excluding hydrogens is 396 g/mol. The Morgan fingerprint density at radius 2 is 1.94 bits per heavy atom. The first-order valence-corrected chi connectivity index (χ1v) is 10.3. The summed E-state index contributed by atoms with van der Waals surface area (Å²) >= 11 is 0. The molecule has 1 N–H and O–H groups in total. The van der Waals surface area contributed by atoms with Gasteiger partial charge in [-0.15, -0.1) is 10.2 Å². The molecule has 4 rings (SSSR count). The van der Waals surface area contributed by atoms with Crippen molar-refractivity contribution in [2.45, 2.75) is 32.2 Å². The standard InChI is InChI=1S/C23H24N4O4/c1-30-20-13-16(14-28)6-11-19(20)31-15-22(29)24-18-9-7-17(8-10-18)23-26-25-21-5-3-2-4-12-27(21)23/h6-11,13-14H,2-5,12,15H2,1H3,(H,24,29). The van der Waals surface area contributed by atoms with Crippen LogP contribution in [0, 0.1) is 0 Å². The lowest BCUT2D eigenvalue weighted by Crippen LogP contribution is -2.20. The Kier molecular flexibility index (Phi) is 6.26. The summed E-state index contributed by atoms with van der Waals surface area (Å²) < 4.78 is 12.9. The van der Waals surface area contributed by atoms with E-state index in [0.717, 1.165) is 49.3 Å². The number of aldehydes is 1. The number of methoxy groups -OCH3 is 1. The maximum Gasteiger partial charge on any atom is 0.262 e. The van der Waals surface area contributed by atoms with Gasteiger partial charge < -0.3 is 19.4 Å². The fourth-order valence-corrected chi connectivity index (χ4v) is 3.62. The van der Waals surface area contributed by atoms with Crippen molar-refractivity contribution in [2.24, 2.45) is 0 Å². The van der Waals surface area contributed by atoms with Gasteiger partial charge in [0.25, 0.3) is 5.91 Å². The van der Waals surface area contributed by atoms with E-state index in [9.17, 15) is 9.59 Å². The molecule has 0 unspecified atom stereocenters. The van der Waals surface area contributed by atoms with Crippen LogP contribution in [0.2, 0.25) is 0 Å². The van der Waals surface area contributed by atoms with E-state index in [4.69, 9.17) is 9.47 Å². The highest BCUT2D eigenvalue weighted by atomic mass is 16.5. The third-order valence-electron chi connectivity index (χ3n) is 5.22. The number of rotatable bonds is 7. The lowest BCUT2D eigenvalue weighted by Gasteiger charge is -2.11. The maximum absolute atomic E-state index is 12.3. The molecule has 0 spiro atoms. The van der Waals surface area contributed by atoms with E-state index in [1.54, 1.807) is 18.2 Å². The average Bonchev–Trinajstić information content (AvgIpc) is 3.06. The zero-order chi connectivity index (χ0) is 21.6. The van der Waals surface area contributed by atoms with Gasteiger partial charge in [0.15, 0.2) is 23.9 Å². The van der Waals surface area contributed by atoms with Gasteiger partial charge in [-0.05, 0) is 55.3 Å². The normalized spacial score (nSPS) is 13.1. The van der Waals surface area contributed by atoms with Crippen molar-refractivity contribution in [1.29, 1.82) is 0 Å². The van der Waals surface area contributed by atoms with Gasteiger partial charge >= 0.3 is 0 Å². The predicted octanol–water partition coefficient (Wildman–Crippen LogP) is 3.51. The third kappa shape index (κ3) is 4.74. The number of carbonyl (C=O) groups is 2. The molecule has 8 nitrogen and oxygen atoms in total. The molecule has 3 aromatic rings. The van der Waals surface area contributed by atoms with Gasteiger partial charge in [0.1, 0.15) is 12.1 Å². The first-order chi connectivity index (χ1) is 15.2. The molecule has 0 saturated heterocycles. The van der Waals surface area contributed by atoms with Crippen LogP contribution in [0.3, 0.4) is 0 Å². The van der Waals surface area contributed by atoms with E-state index in [-0.39, 0.29) is 12.5 Å². The van der Waals surface area contributed by atoms with Crippen molar-refractivity contribution >= 4 is 17.9 Å². The molecule has 0 saturated carbocycles. The van der Waals surface area contributed by atoms with E-state index in [1.807, 2.05) is 24.3 Å². The van der Waals surface area contributed by atoms with Gasteiger partial charge in [-0.3, -0.25) is 9.59 Å². The molecule has 0 aliphatic carbocycles. The van der Waals surface area contributed by atoms with Gasteiger partial charge in [-0.2, -0.15) is 0 Å². The largest absolute Gasteiger partial charge is 0.493 e. The molecule has 2 heterocycles. The van der Waals surface area contributed by atoms with Crippen LogP contribution in [-0.4, -0.2) is 40.7 Å². The van der Waals surface area contributed by atoms with Crippen molar-refractivity contribution in [3.05, 3.63) is 53.9 Å². The summed E-state index contributed by atoms with van der Waals surface area (Å²) in [5, 5.41) is 11.5. The van der Waals surface area contributed by atoms with Crippen LogP contribution in [-0.2, 0) is 17.8 Å².